The summed E-state index contributed by atoms with van der Waals surface area (Å²) in [7, 11) is 0. The number of allylic oxidation sites excluding steroid dienone is 4. The highest BCUT2D eigenvalue weighted by Gasteiger charge is 2.14. The lowest BCUT2D eigenvalue weighted by Crippen LogP contribution is -2.08. The first-order valence-corrected chi connectivity index (χ1v) is 8.17. The molecular formula is C21H23FN2O. The van der Waals surface area contributed by atoms with Crippen LogP contribution in [0.15, 0.2) is 72.4 Å². The molecule has 2 heterocycles. The van der Waals surface area contributed by atoms with Gasteiger partial charge < -0.3 is 10.4 Å². The third-order valence-electron chi connectivity index (χ3n) is 3.98. The SMILES string of the molecule is C/C=C(\C)C1=CNc2ncc(-c3cccc(O)c3)cc2C1.C/C=C/F. The number of phenolic OH excluding ortho intramolecular Hbond substituents is 1. The highest BCUT2D eigenvalue weighted by molar-refractivity contribution is 5.68. The minimum absolute atomic E-state index is 0.272. The molecule has 25 heavy (non-hydrogen) atoms. The molecule has 1 aliphatic rings. The van der Waals surface area contributed by atoms with Crippen molar-refractivity contribution < 1.29 is 9.50 Å². The van der Waals surface area contributed by atoms with Crippen LogP contribution in [0.5, 0.6) is 5.75 Å². The minimum Gasteiger partial charge on any atom is -0.508 e. The van der Waals surface area contributed by atoms with Gasteiger partial charge in [0, 0.05) is 24.4 Å². The normalized spacial score (nSPS) is 13.4. The van der Waals surface area contributed by atoms with E-state index in [4.69, 9.17) is 0 Å². The van der Waals surface area contributed by atoms with Crippen molar-refractivity contribution in [2.45, 2.75) is 27.2 Å². The third-order valence-corrected chi connectivity index (χ3v) is 3.98. The number of halogens is 1. The van der Waals surface area contributed by atoms with Crippen LogP contribution in [0.2, 0.25) is 0 Å². The molecule has 0 radical (unpaired) electrons. The Labute approximate surface area is 148 Å². The van der Waals surface area contributed by atoms with E-state index < -0.39 is 0 Å². The summed E-state index contributed by atoms with van der Waals surface area (Å²) in [5.74, 6) is 1.18. The summed E-state index contributed by atoms with van der Waals surface area (Å²) in [6, 6.07) is 9.39. The van der Waals surface area contributed by atoms with Gasteiger partial charge in [-0.2, -0.15) is 0 Å². The zero-order chi connectivity index (χ0) is 18.2. The van der Waals surface area contributed by atoms with E-state index in [9.17, 15) is 9.50 Å². The molecule has 0 saturated carbocycles. The van der Waals surface area contributed by atoms with Crippen molar-refractivity contribution in [2.24, 2.45) is 0 Å². The van der Waals surface area contributed by atoms with Crippen LogP contribution >= 0.6 is 0 Å². The first-order valence-electron chi connectivity index (χ1n) is 8.17. The highest BCUT2D eigenvalue weighted by atomic mass is 19.1. The third kappa shape index (κ3) is 4.80. The Balaban J connectivity index is 0.000000511. The van der Waals surface area contributed by atoms with Crippen LogP contribution in [0, 0.1) is 0 Å². The Morgan fingerprint density at radius 3 is 2.64 bits per heavy atom. The second-order valence-electron chi connectivity index (χ2n) is 5.70. The van der Waals surface area contributed by atoms with E-state index in [1.165, 1.54) is 22.8 Å². The molecule has 0 fully saturated rings. The molecule has 0 bridgehead atoms. The quantitative estimate of drug-likeness (QED) is 0.731. The van der Waals surface area contributed by atoms with Crippen molar-refractivity contribution in [3.63, 3.8) is 0 Å². The number of rotatable bonds is 2. The van der Waals surface area contributed by atoms with Crippen LogP contribution in [0.1, 0.15) is 26.3 Å². The monoisotopic (exact) mass is 338 g/mol. The topological polar surface area (TPSA) is 45.2 Å². The van der Waals surface area contributed by atoms with Crippen molar-refractivity contribution in [2.75, 3.05) is 5.32 Å². The van der Waals surface area contributed by atoms with Gasteiger partial charge in [0.1, 0.15) is 11.6 Å². The Morgan fingerprint density at radius 2 is 2.00 bits per heavy atom. The maximum absolute atomic E-state index is 10.5. The molecule has 4 heteroatoms. The molecule has 1 aromatic carbocycles. The second-order valence-corrected chi connectivity index (χ2v) is 5.70. The van der Waals surface area contributed by atoms with E-state index in [-0.39, 0.29) is 5.75 Å². The van der Waals surface area contributed by atoms with E-state index in [1.54, 1.807) is 19.1 Å². The summed E-state index contributed by atoms with van der Waals surface area (Å²) >= 11 is 0. The van der Waals surface area contributed by atoms with Gasteiger partial charge in [-0.1, -0.05) is 29.9 Å². The van der Waals surface area contributed by atoms with Crippen LogP contribution in [-0.4, -0.2) is 10.1 Å². The Kier molecular flexibility index (Phi) is 6.52. The summed E-state index contributed by atoms with van der Waals surface area (Å²) < 4.78 is 10.5. The van der Waals surface area contributed by atoms with E-state index in [0.717, 1.165) is 23.4 Å². The number of pyridine rings is 1. The fourth-order valence-electron chi connectivity index (χ4n) is 2.47. The molecule has 1 aromatic heterocycles. The maximum Gasteiger partial charge on any atom is 0.133 e. The number of hydrogen-bond acceptors (Lipinski definition) is 3. The number of nitrogens with zero attached hydrogens (tertiary/aromatic N) is 1. The number of hydrogen-bond donors (Lipinski definition) is 2. The van der Waals surface area contributed by atoms with E-state index in [2.05, 4.69) is 29.4 Å². The van der Waals surface area contributed by atoms with E-state index in [0.29, 0.717) is 6.33 Å². The molecule has 0 unspecified atom stereocenters. The smallest absolute Gasteiger partial charge is 0.133 e. The zero-order valence-electron chi connectivity index (χ0n) is 14.8. The second kappa shape index (κ2) is 8.83. The number of benzene rings is 1. The molecule has 0 amide bonds. The van der Waals surface area contributed by atoms with Gasteiger partial charge in [-0.05, 0) is 55.7 Å². The molecule has 0 spiro atoms. The number of aromatic hydroxyl groups is 1. The number of fused-ring (bicyclic) bond motifs is 1. The molecule has 0 atom stereocenters. The summed E-state index contributed by atoms with van der Waals surface area (Å²) in [6.45, 7) is 5.79. The molecule has 3 rings (SSSR count). The van der Waals surface area contributed by atoms with Crippen LogP contribution < -0.4 is 5.32 Å². The van der Waals surface area contributed by atoms with Gasteiger partial charge in [0.05, 0.1) is 6.33 Å². The largest absolute Gasteiger partial charge is 0.508 e. The average molecular weight is 338 g/mol. The van der Waals surface area contributed by atoms with Gasteiger partial charge in [-0.15, -0.1) is 0 Å². The number of phenols is 1. The highest BCUT2D eigenvalue weighted by Crippen LogP contribution is 2.30. The van der Waals surface area contributed by atoms with Crippen molar-refractivity contribution in [3.8, 4) is 16.9 Å². The summed E-state index contributed by atoms with van der Waals surface area (Å²) in [4.78, 5) is 4.49. The van der Waals surface area contributed by atoms with E-state index in [1.807, 2.05) is 31.5 Å². The molecule has 3 nitrogen and oxygen atoms in total. The number of aromatic nitrogens is 1. The molecule has 1 aliphatic heterocycles. The average Bonchev–Trinajstić information content (AvgIpc) is 2.66. The van der Waals surface area contributed by atoms with Crippen LogP contribution in [0.3, 0.4) is 0 Å². The Bertz CT molecular complexity index is 818. The number of nitrogens with one attached hydrogen (secondary N) is 1. The summed E-state index contributed by atoms with van der Waals surface area (Å²) in [5.41, 5.74) is 5.72. The molecule has 2 N–H and O–H groups in total. The fourth-order valence-corrected chi connectivity index (χ4v) is 2.47. The van der Waals surface area contributed by atoms with Crippen LogP contribution in [0.25, 0.3) is 11.1 Å². The van der Waals surface area contributed by atoms with Gasteiger partial charge in [-0.3, -0.25) is 0 Å². The fraction of sp³-hybridized carbons (Fsp3) is 0.190. The van der Waals surface area contributed by atoms with Gasteiger partial charge >= 0.3 is 0 Å². The van der Waals surface area contributed by atoms with Crippen molar-refractivity contribution in [3.05, 3.63) is 77.9 Å². The molecule has 130 valence electrons. The van der Waals surface area contributed by atoms with Crippen molar-refractivity contribution in [1.82, 2.24) is 4.98 Å². The molecule has 0 saturated heterocycles. The summed E-state index contributed by atoms with van der Waals surface area (Å²) in [5, 5.41) is 12.9. The maximum atomic E-state index is 10.5. The Morgan fingerprint density at radius 1 is 1.24 bits per heavy atom. The lowest BCUT2D eigenvalue weighted by atomic mass is 9.96. The summed E-state index contributed by atoms with van der Waals surface area (Å²) in [6.07, 6.45) is 8.68. The zero-order valence-corrected chi connectivity index (χ0v) is 14.8. The Hall–Kier alpha value is -2.88. The molecule has 0 aliphatic carbocycles. The predicted molar refractivity (Wildman–Crippen MR) is 102 cm³/mol. The van der Waals surface area contributed by atoms with Crippen LogP contribution in [0.4, 0.5) is 10.2 Å². The first kappa shape index (κ1) is 18.5. The van der Waals surface area contributed by atoms with Crippen LogP contribution in [-0.2, 0) is 6.42 Å². The molecule has 2 aromatic rings. The lowest BCUT2D eigenvalue weighted by Gasteiger charge is -2.19. The molecular weight excluding hydrogens is 315 g/mol. The van der Waals surface area contributed by atoms with Crippen molar-refractivity contribution >= 4 is 5.82 Å². The van der Waals surface area contributed by atoms with E-state index >= 15 is 0 Å². The first-order chi connectivity index (χ1) is 12.1. The lowest BCUT2D eigenvalue weighted by molar-refractivity contribution is 0.475. The van der Waals surface area contributed by atoms with Gasteiger partial charge in [0.25, 0.3) is 0 Å². The minimum atomic E-state index is 0.272. The van der Waals surface area contributed by atoms with Gasteiger partial charge in [-0.25, -0.2) is 9.37 Å². The van der Waals surface area contributed by atoms with Crippen molar-refractivity contribution in [1.29, 1.82) is 0 Å². The van der Waals surface area contributed by atoms with Gasteiger partial charge in [0.2, 0.25) is 0 Å². The predicted octanol–water partition coefficient (Wildman–Crippen LogP) is 5.76. The number of anilines is 1. The van der Waals surface area contributed by atoms with Gasteiger partial charge in [0.15, 0.2) is 0 Å². The standard InChI is InChI=1S/C18H18N2O.C3H5F/c1-3-12(2)15-7-14-8-16(11-20-18(14)19-10-15)13-5-4-6-17(21)9-13;1-2-3-4/h3-6,8-11,21H,7H2,1-2H3,(H,19,20);2-3H,1H3/b12-3+;3-2+.